The number of likely N-dealkylation sites (N-methyl/N-ethyl adjacent to an activating group) is 2. The second-order valence-corrected chi connectivity index (χ2v) is 16.7. The van der Waals surface area contributed by atoms with E-state index in [1.165, 1.54) is 13.8 Å². The van der Waals surface area contributed by atoms with Crippen LogP contribution in [0.5, 0.6) is 0 Å². The first-order valence-electron chi connectivity index (χ1n) is 14.5. The van der Waals surface area contributed by atoms with Crippen molar-refractivity contribution in [2.24, 2.45) is 16.7 Å². The molecule has 0 aliphatic rings. The van der Waals surface area contributed by atoms with Crippen molar-refractivity contribution in [3.05, 3.63) is 0 Å². The van der Waals surface area contributed by atoms with E-state index in [9.17, 15) is 67.0 Å². The maximum Gasteiger partial charge on any atom is 0.472 e. The van der Waals surface area contributed by atoms with E-state index in [0.717, 1.165) is 0 Å². The number of hydrogen-bond acceptors (Lipinski definition) is 9. The van der Waals surface area contributed by atoms with Gasteiger partial charge in [0.2, 0.25) is 0 Å². The molecule has 3 unspecified atom stereocenters. The van der Waals surface area contributed by atoms with Crippen molar-refractivity contribution in [2.45, 2.75) is 70.7 Å². The molecule has 0 bridgehead atoms. The Kier molecular flexibility index (Phi) is 15.7. The Hall–Kier alpha value is -1.71. The summed E-state index contributed by atoms with van der Waals surface area (Å²) in [4.78, 5) is 35.4. The summed E-state index contributed by atoms with van der Waals surface area (Å²) in [5.74, 6) is -17.8. The van der Waals surface area contributed by atoms with E-state index < -0.39 is 100 Å². The molecule has 0 spiro atoms. The number of halogens is 9. The van der Waals surface area contributed by atoms with E-state index in [-0.39, 0.29) is 26.5 Å². The smallest absolute Gasteiger partial charge is 0.464 e. The highest BCUT2D eigenvalue weighted by Gasteiger charge is 2.85. The summed E-state index contributed by atoms with van der Waals surface area (Å²) >= 11 is 0. The predicted molar refractivity (Wildman–Crippen MR) is 155 cm³/mol. The van der Waals surface area contributed by atoms with E-state index in [1.54, 1.807) is 20.8 Å². The van der Waals surface area contributed by atoms with Gasteiger partial charge in [0, 0.05) is 13.6 Å². The maximum atomic E-state index is 14.1. The van der Waals surface area contributed by atoms with Crippen LogP contribution < -0.4 is 0 Å². The zero-order valence-corrected chi connectivity index (χ0v) is 30.2. The van der Waals surface area contributed by atoms with Gasteiger partial charge in [-0.2, -0.15) is 43.8 Å². The Morgan fingerprint density at radius 1 is 0.857 bits per heavy atom. The van der Waals surface area contributed by atoms with Gasteiger partial charge in [-0.15, -0.1) is 0 Å². The fourth-order valence-corrected chi connectivity index (χ4v) is 5.99. The minimum Gasteiger partial charge on any atom is -0.464 e. The van der Waals surface area contributed by atoms with Crippen LogP contribution in [0, 0.1) is 16.7 Å². The molecule has 1 N–H and O–H groups in total. The van der Waals surface area contributed by atoms with Crippen molar-refractivity contribution in [3.8, 4) is 0 Å². The molecule has 49 heavy (non-hydrogen) atoms. The number of quaternary nitrogens is 1. The fourth-order valence-electron chi connectivity index (χ4n) is 4.14. The third kappa shape index (κ3) is 11.4. The number of esters is 2. The lowest BCUT2D eigenvalue weighted by Crippen LogP contribution is -2.65. The van der Waals surface area contributed by atoms with Crippen molar-refractivity contribution in [1.29, 1.82) is 0 Å². The molecule has 0 aliphatic carbocycles. The Morgan fingerprint density at radius 3 is 1.80 bits per heavy atom. The molecule has 0 aliphatic heterocycles. The summed E-state index contributed by atoms with van der Waals surface area (Å²) in [7, 11) is -5.62. The third-order valence-corrected chi connectivity index (χ3v) is 10.9. The van der Waals surface area contributed by atoms with Crippen LogP contribution in [-0.4, -0.2) is 125 Å². The molecule has 0 rings (SSSR count). The van der Waals surface area contributed by atoms with Gasteiger partial charge in [0.25, 0.3) is 10.0 Å². The quantitative estimate of drug-likeness (QED) is 0.0552. The molecule has 23 heteroatoms. The van der Waals surface area contributed by atoms with Crippen LogP contribution in [0.1, 0.15) is 47.5 Å². The van der Waals surface area contributed by atoms with Gasteiger partial charge >= 0.3 is 43.0 Å². The fraction of sp³-hybridized carbons (Fsp3) is 0.923. The Balaban J connectivity index is 5.33. The minimum atomic E-state index is -7.43. The monoisotopic (exact) mass is 779 g/mol. The Labute approximate surface area is 279 Å². The highest BCUT2D eigenvalue weighted by Crippen LogP contribution is 2.55. The molecule has 0 aromatic rings. The van der Waals surface area contributed by atoms with E-state index in [4.69, 9.17) is 18.5 Å². The zero-order valence-electron chi connectivity index (χ0n) is 28.5. The number of sulfonamides is 1. The number of carbonyl (C=O) groups excluding carboxylic acids is 2. The summed E-state index contributed by atoms with van der Waals surface area (Å²) in [5.41, 5.74) is -2.36. The molecule has 3 atom stereocenters. The van der Waals surface area contributed by atoms with E-state index in [0.29, 0.717) is 11.0 Å². The average molecular weight is 780 g/mol. The topological polar surface area (TPSA) is 146 Å². The van der Waals surface area contributed by atoms with Crippen LogP contribution in [0.15, 0.2) is 0 Å². The minimum absolute atomic E-state index is 0.0860. The molecule has 12 nitrogen and oxygen atoms in total. The van der Waals surface area contributed by atoms with Gasteiger partial charge in [-0.1, -0.05) is 27.7 Å². The largest absolute Gasteiger partial charge is 0.472 e. The number of carbonyl (C=O) groups is 2. The summed E-state index contributed by atoms with van der Waals surface area (Å²) in [6.07, 6.45) is -7.18. The molecule has 0 radical (unpaired) electrons. The van der Waals surface area contributed by atoms with Crippen LogP contribution >= 0.6 is 7.82 Å². The molecule has 0 saturated heterocycles. The average Bonchev–Trinajstić information content (AvgIpc) is 2.92. The lowest BCUT2D eigenvalue weighted by molar-refractivity contribution is -0.870. The number of hydrogen-bond donors (Lipinski definition) is 1. The first kappa shape index (κ1) is 47.3. The van der Waals surface area contributed by atoms with Crippen molar-refractivity contribution in [1.82, 2.24) is 4.31 Å². The highest BCUT2D eigenvalue weighted by molar-refractivity contribution is 7.90. The molecule has 0 heterocycles. The SMILES string of the molecule is CCC(C)(C(=O)OCCOP(=O)(O)OCC[N+](C)(C)C)C(C)(C)CC(C)C(=O)OCCN(C)S(=O)(=O)C(F)(F)C(F)(F)C(F)(F)C(F)(F)F. The van der Waals surface area contributed by atoms with Gasteiger partial charge in [-0.3, -0.25) is 18.6 Å². The van der Waals surface area contributed by atoms with Crippen molar-refractivity contribution in [3.63, 3.8) is 0 Å². The van der Waals surface area contributed by atoms with Gasteiger partial charge in [-0.25, -0.2) is 13.0 Å². The second kappa shape index (κ2) is 16.3. The summed E-state index contributed by atoms with van der Waals surface area (Å²) < 4.78 is 174. The van der Waals surface area contributed by atoms with Crippen LogP contribution in [0.25, 0.3) is 0 Å². The molecule has 292 valence electrons. The molecular formula is C26H45F9N2O10PS+. The predicted octanol–water partition coefficient (Wildman–Crippen LogP) is 5.07. The molecule has 0 saturated carbocycles. The van der Waals surface area contributed by atoms with Crippen molar-refractivity contribution in [2.75, 3.05) is 67.7 Å². The summed E-state index contributed by atoms with van der Waals surface area (Å²) in [5, 5.41) is -6.93. The van der Waals surface area contributed by atoms with Gasteiger partial charge in [0.1, 0.15) is 26.4 Å². The van der Waals surface area contributed by atoms with E-state index in [1.807, 2.05) is 21.1 Å². The lowest BCUT2D eigenvalue weighted by Gasteiger charge is -2.42. The summed E-state index contributed by atoms with van der Waals surface area (Å²) in [6, 6.07) is 0. The first-order valence-corrected chi connectivity index (χ1v) is 17.4. The number of ether oxygens (including phenoxy) is 2. The molecule has 0 aromatic carbocycles. The molecule has 0 fully saturated rings. The number of rotatable bonds is 21. The zero-order chi connectivity index (χ0) is 39.3. The van der Waals surface area contributed by atoms with Crippen LogP contribution in [-0.2, 0) is 42.7 Å². The van der Waals surface area contributed by atoms with Crippen LogP contribution in [0.2, 0.25) is 0 Å². The second-order valence-electron chi connectivity index (χ2n) is 13.1. The number of alkyl halides is 9. The molecular weight excluding hydrogens is 734 g/mol. The van der Waals surface area contributed by atoms with Crippen LogP contribution in [0.4, 0.5) is 39.5 Å². The Bertz CT molecular complexity index is 1290. The van der Waals surface area contributed by atoms with Crippen LogP contribution in [0.3, 0.4) is 0 Å². The molecule has 0 amide bonds. The van der Waals surface area contributed by atoms with Crippen molar-refractivity contribution < 1.29 is 90.0 Å². The van der Waals surface area contributed by atoms with Gasteiger partial charge < -0.3 is 18.9 Å². The number of nitrogens with zero attached hydrogens (tertiary/aromatic N) is 2. The lowest BCUT2D eigenvalue weighted by atomic mass is 9.61. The maximum absolute atomic E-state index is 14.1. The molecule has 0 aromatic heterocycles. The highest BCUT2D eigenvalue weighted by atomic mass is 32.2. The van der Waals surface area contributed by atoms with E-state index in [2.05, 4.69) is 0 Å². The van der Waals surface area contributed by atoms with Gasteiger partial charge in [-0.05, 0) is 25.2 Å². The summed E-state index contributed by atoms with van der Waals surface area (Å²) in [6.45, 7) is 4.56. The number of phosphoric ester groups is 1. The number of phosphoric acid groups is 1. The van der Waals surface area contributed by atoms with Gasteiger partial charge in [0.15, 0.2) is 0 Å². The first-order chi connectivity index (χ1) is 21.6. The standard InChI is InChI=1S/C26H44F9N2O10PS/c1-10-22(5,20(39)45-15-16-47-48(40,41)46-14-12-37(7,8)9)21(3,4)17-18(2)19(38)44-13-11-36(6)49(42,43)26(34,35)24(29,30)23(27,28)25(31,32)33/h18H,10-17H2,1-9H3/p+1. The van der Waals surface area contributed by atoms with E-state index >= 15 is 0 Å². The normalized spacial score (nSPS) is 17.3. The Morgan fingerprint density at radius 2 is 1.35 bits per heavy atom. The van der Waals surface area contributed by atoms with Gasteiger partial charge in [0.05, 0.1) is 39.1 Å². The third-order valence-electron chi connectivity index (χ3n) is 7.96. The van der Waals surface area contributed by atoms with Crippen molar-refractivity contribution >= 4 is 29.8 Å².